The summed E-state index contributed by atoms with van der Waals surface area (Å²) in [6.07, 6.45) is -0.911. The Kier molecular flexibility index (Phi) is 6.47. The van der Waals surface area contributed by atoms with Crippen molar-refractivity contribution in [1.29, 1.82) is 5.26 Å². The minimum atomic E-state index is -2.73. The Labute approximate surface area is 213 Å². The Morgan fingerprint density at radius 1 is 1.28 bits per heavy atom. The van der Waals surface area contributed by atoms with E-state index in [0.29, 0.717) is 13.0 Å². The quantitative estimate of drug-likeness (QED) is 0.394. The van der Waals surface area contributed by atoms with Crippen molar-refractivity contribution >= 4 is 45.7 Å². The molecule has 3 heterocycles. The van der Waals surface area contributed by atoms with Gasteiger partial charge in [0.15, 0.2) is 0 Å². The average molecular weight is 535 g/mol. The van der Waals surface area contributed by atoms with E-state index >= 15 is 4.39 Å². The van der Waals surface area contributed by atoms with E-state index in [-0.39, 0.29) is 33.5 Å². The zero-order chi connectivity index (χ0) is 26.5. The zero-order valence-corrected chi connectivity index (χ0v) is 21.2. The Bertz CT molecular complexity index is 1350. The summed E-state index contributed by atoms with van der Waals surface area (Å²) in [6.45, 7) is 5.39. The number of aliphatic imine (C=N–C) groups is 1. The van der Waals surface area contributed by atoms with Crippen molar-refractivity contribution in [2.45, 2.75) is 42.7 Å². The molecule has 1 saturated heterocycles. The first-order chi connectivity index (χ1) is 16.8. The highest BCUT2D eigenvalue weighted by atomic mass is 35.5. The highest BCUT2D eigenvalue weighted by Gasteiger charge is 2.62. The molecule has 36 heavy (non-hydrogen) atoms. The largest absolute Gasteiger partial charge is 0.465 e. The minimum absolute atomic E-state index is 0.00956. The predicted octanol–water partition coefficient (Wildman–Crippen LogP) is 4.23. The van der Waals surface area contributed by atoms with Crippen LogP contribution >= 0.6 is 22.1 Å². The SMILES string of the molecule is CC1(C)C(NC(=O)O)=N[C@](C)(c2nc(NC(=O)c3ccc(C#N)cc3Cl)ccc2F)[C@@H]2CCNS21O. The molecule has 1 fully saturated rings. The first-order valence-corrected chi connectivity index (χ1v) is 12.9. The normalized spacial score (nSPS) is 28.1. The number of nitrogens with zero attached hydrogens (tertiary/aromatic N) is 3. The number of fused-ring (bicyclic) bond motifs is 1. The molecule has 0 bridgehead atoms. The molecule has 13 heteroatoms. The second kappa shape index (κ2) is 9.01. The number of carbonyl (C=O) groups is 2. The molecule has 0 saturated carbocycles. The van der Waals surface area contributed by atoms with Crippen LogP contribution in [0, 0.1) is 17.1 Å². The van der Waals surface area contributed by atoms with Gasteiger partial charge in [0.05, 0.1) is 32.2 Å². The number of amidine groups is 1. The number of halogens is 2. The van der Waals surface area contributed by atoms with E-state index in [9.17, 15) is 19.2 Å². The van der Waals surface area contributed by atoms with Gasteiger partial charge in [0, 0.05) is 6.54 Å². The van der Waals surface area contributed by atoms with Crippen molar-refractivity contribution in [2.75, 3.05) is 11.9 Å². The number of hydrogen-bond acceptors (Lipinski definition) is 7. The van der Waals surface area contributed by atoms with E-state index in [1.54, 1.807) is 20.8 Å². The molecule has 10 nitrogen and oxygen atoms in total. The summed E-state index contributed by atoms with van der Waals surface area (Å²) in [4.78, 5) is 33.3. The number of nitrogens with one attached hydrogen (secondary N) is 3. The number of carbonyl (C=O) groups excluding carboxylic acids is 1. The van der Waals surface area contributed by atoms with Crippen LogP contribution in [-0.4, -0.2) is 49.0 Å². The van der Waals surface area contributed by atoms with E-state index in [1.807, 2.05) is 6.07 Å². The summed E-state index contributed by atoms with van der Waals surface area (Å²) in [5, 5.41) is 22.7. The molecule has 3 atom stereocenters. The van der Waals surface area contributed by atoms with Gasteiger partial charge < -0.3 is 15.0 Å². The monoisotopic (exact) mass is 534 g/mol. The molecule has 0 spiro atoms. The molecule has 0 aliphatic carbocycles. The van der Waals surface area contributed by atoms with E-state index < -0.39 is 43.8 Å². The summed E-state index contributed by atoms with van der Waals surface area (Å²) in [6, 6.07) is 8.52. The first kappa shape index (κ1) is 25.8. The van der Waals surface area contributed by atoms with E-state index in [4.69, 9.17) is 16.9 Å². The van der Waals surface area contributed by atoms with Gasteiger partial charge in [-0.3, -0.25) is 19.8 Å². The number of anilines is 1. The average Bonchev–Trinajstić information content (AvgIpc) is 3.23. The predicted molar refractivity (Wildman–Crippen MR) is 135 cm³/mol. The van der Waals surface area contributed by atoms with Gasteiger partial charge in [0.1, 0.15) is 28.7 Å². The summed E-state index contributed by atoms with van der Waals surface area (Å²) < 4.78 is 29.0. The van der Waals surface area contributed by atoms with Gasteiger partial charge in [-0.05, 0) is 57.5 Å². The van der Waals surface area contributed by atoms with E-state index in [1.165, 1.54) is 24.3 Å². The third-order valence-electron chi connectivity index (χ3n) is 6.59. The number of aromatic nitrogens is 1. The Hall–Kier alpha value is -3.24. The highest BCUT2D eigenvalue weighted by molar-refractivity contribution is 8.29. The number of rotatable bonds is 3. The van der Waals surface area contributed by atoms with Crippen LogP contribution in [0.5, 0.6) is 0 Å². The van der Waals surface area contributed by atoms with Crippen molar-refractivity contribution in [3.8, 4) is 6.07 Å². The maximum Gasteiger partial charge on any atom is 0.410 e. The number of benzene rings is 1. The molecule has 1 unspecified atom stereocenters. The van der Waals surface area contributed by atoms with Crippen molar-refractivity contribution in [2.24, 2.45) is 4.99 Å². The molecule has 1 aromatic heterocycles. The number of hydrogen-bond donors (Lipinski definition) is 5. The Balaban J connectivity index is 1.77. The van der Waals surface area contributed by atoms with Crippen LogP contribution in [-0.2, 0) is 5.54 Å². The van der Waals surface area contributed by atoms with Crippen molar-refractivity contribution in [3.63, 3.8) is 0 Å². The lowest BCUT2D eigenvalue weighted by Crippen LogP contribution is -2.59. The van der Waals surface area contributed by atoms with Crippen LogP contribution in [0.3, 0.4) is 0 Å². The fraction of sp³-hybridized carbons (Fsp3) is 0.348. The van der Waals surface area contributed by atoms with Crippen LogP contribution in [0.4, 0.5) is 15.0 Å². The van der Waals surface area contributed by atoms with E-state index in [0.717, 1.165) is 6.07 Å². The van der Waals surface area contributed by atoms with Gasteiger partial charge >= 0.3 is 6.09 Å². The van der Waals surface area contributed by atoms with Crippen LogP contribution in [0.1, 0.15) is 48.8 Å². The number of pyridine rings is 1. The van der Waals surface area contributed by atoms with Crippen LogP contribution in [0.2, 0.25) is 5.02 Å². The van der Waals surface area contributed by atoms with Crippen LogP contribution in [0.25, 0.3) is 0 Å². The number of nitriles is 1. The standard InChI is InChI=1S/C23H24ClFN6O4S/c1-22(2)20(30-21(33)34)31-23(3,16-8-9-27-36(16,22)35)18-15(25)6-7-17(28-18)29-19(32)13-5-4-12(11-26)10-14(13)24/h4-7,10,16,27,35H,8-9H2,1-3H3,(H,30,31)(H,33,34)(H,28,29,32)/t16-,23-/m0/s1. The molecular formula is C23H24ClFN6O4S. The van der Waals surface area contributed by atoms with E-state index in [2.05, 4.69) is 25.3 Å². The van der Waals surface area contributed by atoms with Gasteiger partial charge in [-0.1, -0.05) is 22.1 Å². The molecule has 2 amide bonds. The zero-order valence-electron chi connectivity index (χ0n) is 19.6. The molecule has 190 valence electrons. The van der Waals surface area contributed by atoms with Crippen LogP contribution < -0.4 is 15.4 Å². The summed E-state index contributed by atoms with van der Waals surface area (Å²) in [5.41, 5.74) is -1.21. The van der Waals surface area contributed by atoms with Gasteiger partial charge in [-0.15, -0.1) is 0 Å². The fourth-order valence-electron chi connectivity index (χ4n) is 4.66. The third-order valence-corrected chi connectivity index (χ3v) is 10.8. The third kappa shape index (κ3) is 4.08. The lowest BCUT2D eigenvalue weighted by molar-refractivity contribution is 0.102. The lowest BCUT2D eigenvalue weighted by Gasteiger charge is -2.56. The Morgan fingerprint density at radius 3 is 2.64 bits per heavy atom. The Morgan fingerprint density at radius 2 is 2.00 bits per heavy atom. The second-order valence-corrected chi connectivity index (χ2v) is 12.7. The van der Waals surface area contributed by atoms with Crippen molar-refractivity contribution < 1.29 is 23.6 Å². The summed E-state index contributed by atoms with van der Waals surface area (Å²) >= 11 is 6.13. The van der Waals surface area contributed by atoms with Gasteiger partial charge in [-0.25, -0.2) is 14.2 Å². The van der Waals surface area contributed by atoms with Crippen molar-refractivity contribution in [3.05, 3.63) is 58.0 Å². The van der Waals surface area contributed by atoms with Gasteiger partial charge in [-0.2, -0.15) is 5.26 Å². The molecule has 4 rings (SSSR count). The molecule has 1 aromatic carbocycles. The number of carboxylic acid groups (broad SMARTS) is 1. The maximum atomic E-state index is 15.2. The lowest BCUT2D eigenvalue weighted by atomic mass is 9.89. The fourth-order valence-corrected chi connectivity index (χ4v) is 8.30. The summed E-state index contributed by atoms with van der Waals surface area (Å²) in [5.74, 6) is -1.35. The molecule has 2 aliphatic heterocycles. The second-order valence-electron chi connectivity index (χ2n) is 9.13. The first-order valence-electron chi connectivity index (χ1n) is 10.9. The number of amides is 2. The molecular weight excluding hydrogens is 511 g/mol. The molecule has 5 N–H and O–H groups in total. The molecule has 2 aliphatic rings. The highest BCUT2D eigenvalue weighted by Crippen LogP contribution is 2.67. The maximum absolute atomic E-state index is 15.2. The summed E-state index contributed by atoms with van der Waals surface area (Å²) in [7, 11) is -2.73. The molecule has 2 aromatic rings. The minimum Gasteiger partial charge on any atom is -0.465 e. The smallest absolute Gasteiger partial charge is 0.410 e. The van der Waals surface area contributed by atoms with Crippen LogP contribution in [0.15, 0.2) is 35.3 Å². The van der Waals surface area contributed by atoms with Crippen molar-refractivity contribution in [1.82, 2.24) is 15.0 Å². The topological polar surface area (TPSA) is 160 Å². The van der Waals surface area contributed by atoms with Gasteiger partial charge in [0.2, 0.25) is 0 Å². The van der Waals surface area contributed by atoms with Gasteiger partial charge in [0.25, 0.3) is 5.91 Å². The molecule has 0 radical (unpaired) electrons.